The molecule has 186 valence electrons. The second-order valence-electron chi connectivity index (χ2n) is 10.1. The molecule has 0 N–H and O–H groups in total. The highest BCUT2D eigenvalue weighted by Gasteiger charge is 2.21. The molecule has 1 saturated heterocycles. The van der Waals surface area contributed by atoms with Gasteiger partial charge in [-0.05, 0) is 116 Å². The minimum Gasteiger partial charge on any atom is -0.382 e. The number of benzene rings is 3. The zero-order valence-electron chi connectivity index (χ0n) is 22.2. The minimum absolute atomic E-state index is 0.0928. The van der Waals surface area contributed by atoms with E-state index in [1.54, 1.807) is 12.4 Å². The van der Waals surface area contributed by atoms with Crippen LogP contribution in [0.5, 0.6) is 0 Å². The Kier molecular flexibility index (Phi) is 9.17. The van der Waals surface area contributed by atoms with Gasteiger partial charge in [-0.1, -0.05) is 61.9 Å². The normalized spacial score (nSPS) is 14.4. The van der Waals surface area contributed by atoms with Crippen molar-refractivity contribution < 1.29 is 9.47 Å². The van der Waals surface area contributed by atoms with Gasteiger partial charge in [0.1, 0.15) is 0 Å². The molecule has 3 aromatic carbocycles. The van der Waals surface area contributed by atoms with Gasteiger partial charge in [0.05, 0.1) is 19.8 Å². The van der Waals surface area contributed by atoms with E-state index in [9.17, 15) is 0 Å². The van der Waals surface area contributed by atoms with E-state index in [0.29, 0.717) is 19.8 Å². The molecule has 3 heteroatoms. The third kappa shape index (κ3) is 6.42. The Bertz CT molecular complexity index is 1070. The Hall–Kier alpha value is -1.99. The summed E-state index contributed by atoms with van der Waals surface area (Å²) in [6.45, 7) is 10.9. The summed E-state index contributed by atoms with van der Waals surface area (Å²) in [5.74, 6) is 0. The van der Waals surface area contributed by atoms with Gasteiger partial charge in [-0.15, -0.1) is 0 Å². The van der Waals surface area contributed by atoms with E-state index in [2.05, 4.69) is 76.2 Å². The summed E-state index contributed by atoms with van der Waals surface area (Å²) >= 11 is 0. The number of hydrogen-bond donors (Lipinski definition) is 0. The molecule has 0 atom stereocenters. The molecule has 3 aromatic rings. The number of methoxy groups -OCH3 is 1. The molecule has 2 nitrogen and oxygen atoms in total. The van der Waals surface area contributed by atoms with Crippen molar-refractivity contribution in [3.05, 3.63) is 76.3 Å². The summed E-state index contributed by atoms with van der Waals surface area (Å²) in [5, 5.41) is 1.58. The van der Waals surface area contributed by atoms with Gasteiger partial charge in [0.15, 0.2) is 0 Å². The van der Waals surface area contributed by atoms with Crippen LogP contribution >= 0.6 is 7.92 Å². The van der Waals surface area contributed by atoms with Crippen LogP contribution < -0.4 is 5.30 Å². The highest BCUT2D eigenvalue weighted by atomic mass is 31.1. The van der Waals surface area contributed by atoms with Crippen molar-refractivity contribution in [1.29, 1.82) is 0 Å². The average molecular weight is 489 g/mol. The largest absolute Gasteiger partial charge is 0.382 e. The molecular weight excluding hydrogens is 447 g/mol. The van der Waals surface area contributed by atoms with Crippen LogP contribution in [-0.2, 0) is 15.9 Å². The third-order valence-electron chi connectivity index (χ3n) is 7.23. The predicted octanol–water partition coefficient (Wildman–Crippen LogP) is 7.75. The first-order chi connectivity index (χ1) is 17.0. The lowest BCUT2D eigenvalue weighted by molar-refractivity contribution is 0.0723. The molecule has 4 rings (SSSR count). The molecule has 0 bridgehead atoms. The lowest BCUT2D eigenvalue weighted by Crippen LogP contribution is -2.14. The van der Waals surface area contributed by atoms with Gasteiger partial charge in [0.25, 0.3) is 0 Å². The fraction of sp³-hybridized carbons (Fsp3) is 0.438. The zero-order chi connectivity index (χ0) is 24.8. The van der Waals surface area contributed by atoms with E-state index >= 15 is 0 Å². The quantitative estimate of drug-likeness (QED) is 0.226. The van der Waals surface area contributed by atoms with Crippen LogP contribution in [0.25, 0.3) is 22.3 Å². The summed E-state index contributed by atoms with van der Waals surface area (Å²) < 4.78 is 11.2. The smallest absolute Gasteiger partial charge is 0.0700 e. The van der Waals surface area contributed by atoms with Gasteiger partial charge in [0.2, 0.25) is 0 Å². The van der Waals surface area contributed by atoms with E-state index in [1.165, 1.54) is 81.7 Å². The lowest BCUT2D eigenvalue weighted by Gasteiger charge is -2.27. The van der Waals surface area contributed by atoms with Crippen molar-refractivity contribution in [3.8, 4) is 22.3 Å². The van der Waals surface area contributed by atoms with E-state index in [-0.39, 0.29) is 7.92 Å². The van der Waals surface area contributed by atoms with Crippen LogP contribution in [0.3, 0.4) is 0 Å². The Balaban J connectivity index is 1.89. The fourth-order valence-electron chi connectivity index (χ4n) is 5.39. The first kappa shape index (κ1) is 26.1. The monoisotopic (exact) mass is 488 g/mol. The van der Waals surface area contributed by atoms with Crippen LogP contribution in [0.1, 0.15) is 47.1 Å². The molecule has 0 unspecified atom stereocenters. The Labute approximate surface area is 213 Å². The maximum absolute atomic E-state index is 5.98. The molecule has 1 fully saturated rings. The highest BCUT2D eigenvalue weighted by Crippen LogP contribution is 2.44. The van der Waals surface area contributed by atoms with Crippen molar-refractivity contribution in [1.82, 2.24) is 0 Å². The molecule has 0 saturated carbocycles. The van der Waals surface area contributed by atoms with Crippen molar-refractivity contribution in [3.63, 3.8) is 0 Å². The molecule has 1 heterocycles. The van der Waals surface area contributed by atoms with E-state index < -0.39 is 0 Å². The number of hydrogen-bond acceptors (Lipinski definition) is 2. The van der Waals surface area contributed by atoms with Crippen LogP contribution in [-0.4, -0.2) is 39.3 Å². The summed E-state index contributed by atoms with van der Waals surface area (Å²) in [7, 11) is 1.64. The van der Waals surface area contributed by atoms with Gasteiger partial charge < -0.3 is 9.47 Å². The Morgan fingerprint density at radius 1 is 0.657 bits per heavy atom. The lowest BCUT2D eigenvalue weighted by atomic mass is 9.86. The number of ether oxygens (including phenoxy) is 2. The summed E-state index contributed by atoms with van der Waals surface area (Å²) in [6.07, 6.45) is 7.77. The van der Waals surface area contributed by atoms with Crippen molar-refractivity contribution in [2.24, 2.45) is 0 Å². The van der Waals surface area contributed by atoms with E-state index in [4.69, 9.17) is 9.47 Å². The molecule has 1 aliphatic rings. The van der Waals surface area contributed by atoms with Crippen molar-refractivity contribution >= 4 is 13.2 Å². The molecule has 0 spiro atoms. The first-order valence-corrected chi connectivity index (χ1v) is 14.8. The number of rotatable bonds is 9. The van der Waals surface area contributed by atoms with E-state index in [1.807, 2.05) is 0 Å². The standard InChI is InChI=1S/C32H41O2P/c1-23-9-11-28(25(3)19-23)31-21-27(35-17-7-6-8-18-35)22-32(29-12-10-24(2)20-26(29)4)30(31)13-14-34-16-15-33-5/h9-12,19-22H,6-8,13-18H2,1-5H3. The predicted molar refractivity (Wildman–Crippen MR) is 153 cm³/mol. The van der Waals surface area contributed by atoms with Gasteiger partial charge >= 0.3 is 0 Å². The van der Waals surface area contributed by atoms with Crippen LogP contribution in [0.4, 0.5) is 0 Å². The second kappa shape index (κ2) is 12.3. The highest BCUT2D eigenvalue weighted by molar-refractivity contribution is 7.65. The maximum Gasteiger partial charge on any atom is 0.0700 e. The summed E-state index contributed by atoms with van der Waals surface area (Å²) in [4.78, 5) is 0. The van der Waals surface area contributed by atoms with E-state index in [0.717, 1.165) is 6.42 Å². The average Bonchev–Trinajstić information content (AvgIpc) is 2.85. The van der Waals surface area contributed by atoms with Crippen molar-refractivity contribution in [2.75, 3.05) is 39.3 Å². The van der Waals surface area contributed by atoms with Gasteiger partial charge in [-0.3, -0.25) is 0 Å². The van der Waals surface area contributed by atoms with Crippen molar-refractivity contribution in [2.45, 2.75) is 53.4 Å². The summed E-state index contributed by atoms with van der Waals surface area (Å²) in [5.41, 5.74) is 12.3. The van der Waals surface area contributed by atoms with Crippen LogP contribution in [0.2, 0.25) is 0 Å². The molecule has 0 aliphatic carbocycles. The van der Waals surface area contributed by atoms with Gasteiger partial charge in [0, 0.05) is 7.11 Å². The topological polar surface area (TPSA) is 18.5 Å². The van der Waals surface area contributed by atoms with Crippen LogP contribution in [0.15, 0.2) is 48.5 Å². The molecule has 0 radical (unpaired) electrons. The molecule has 0 aromatic heterocycles. The molecule has 0 amide bonds. The Morgan fingerprint density at radius 3 is 1.74 bits per heavy atom. The van der Waals surface area contributed by atoms with Gasteiger partial charge in [-0.2, -0.15) is 0 Å². The second-order valence-corrected chi connectivity index (χ2v) is 12.5. The van der Waals surface area contributed by atoms with Crippen LogP contribution in [0, 0.1) is 27.7 Å². The molecule has 35 heavy (non-hydrogen) atoms. The maximum atomic E-state index is 5.98. The number of aryl methyl sites for hydroxylation is 4. The minimum atomic E-state index is -0.0928. The van der Waals surface area contributed by atoms with Gasteiger partial charge in [-0.25, -0.2) is 0 Å². The third-order valence-corrected chi connectivity index (χ3v) is 9.93. The zero-order valence-corrected chi connectivity index (χ0v) is 23.1. The molecular formula is C32H41O2P. The Morgan fingerprint density at radius 2 is 1.23 bits per heavy atom. The fourth-order valence-corrected chi connectivity index (χ4v) is 7.97. The SMILES string of the molecule is COCCOCCc1c(-c2ccc(C)cc2C)cc(P2CCCCC2)cc1-c1ccc(C)cc1C. The summed E-state index contributed by atoms with van der Waals surface area (Å²) in [6, 6.07) is 18.9. The molecule has 1 aliphatic heterocycles. The first-order valence-electron chi connectivity index (χ1n) is 13.1.